The minimum absolute atomic E-state index is 0.00912. The van der Waals surface area contributed by atoms with Gasteiger partial charge >= 0.3 is 0 Å². The van der Waals surface area contributed by atoms with Gasteiger partial charge in [-0.1, -0.05) is 37.1 Å². The van der Waals surface area contributed by atoms with Crippen LogP contribution in [0.2, 0.25) is 0 Å². The van der Waals surface area contributed by atoms with E-state index in [1.165, 1.54) is 33.4 Å². The molecule has 0 saturated carbocycles. The van der Waals surface area contributed by atoms with Crippen molar-refractivity contribution in [2.24, 2.45) is 0 Å². The molecule has 0 heterocycles. The average Bonchev–Trinajstić information content (AvgIpc) is 2.85. The fourth-order valence-electron chi connectivity index (χ4n) is 6.54. The van der Waals surface area contributed by atoms with Crippen LogP contribution < -0.4 is 4.74 Å². The van der Waals surface area contributed by atoms with Crippen LogP contribution in [0.1, 0.15) is 74.6 Å². The number of rotatable bonds is 1. The number of aromatic hydroxyl groups is 1. The number of hydrogen-bond acceptors (Lipinski definition) is 4. The van der Waals surface area contributed by atoms with Crippen molar-refractivity contribution in [1.29, 1.82) is 0 Å². The minimum Gasteiger partial charge on any atom is -0.508 e. The Hall–Kier alpha value is -3.14. The van der Waals surface area contributed by atoms with Gasteiger partial charge in [-0.25, -0.2) is 0 Å². The predicted molar refractivity (Wildman–Crippen MR) is 137 cm³/mol. The third kappa shape index (κ3) is 4.13. The molecule has 0 amide bonds. The summed E-state index contributed by atoms with van der Waals surface area (Å²) in [6.45, 7) is 4.50. The first-order chi connectivity index (χ1) is 16.7. The van der Waals surface area contributed by atoms with Crippen LogP contribution in [-0.2, 0) is 33.3 Å². The lowest BCUT2D eigenvalue weighted by atomic mass is 9.63. The second-order valence-electron chi connectivity index (χ2n) is 10.8. The van der Waals surface area contributed by atoms with Gasteiger partial charge in [-0.05, 0) is 97.2 Å². The Morgan fingerprint density at radius 2 is 1.23 bits per heavy atom. The van der Waals surface area contributed by atoms with Crippen LogP contribution in [0.4, 0.5) is 0 Å². The molecular weight excluding hydrogens is 436 g/mol. The molecule has 2 unspecified atom stereocenters. The number of allylic oxidation sites excluding steroid dienone is 4. The summed E-state index contributed by atoms with van der Waals surface area (Å²) in [5, 5.41) is 9.54. The molecule has 1 N–H and O–H groups in total. The van der Waals surface area contributed by atoms with Crippen LogP contribution in [0.15, 0.2) is 59.7 Å². The Labute approximate surface area is 207 Å². The van der Waals surface area contributed by atoms with Crippen molar-refractivity contribution in [1.82, 2.24) is 0 Å². The van der Waals surface area contributed by atoms with Gasteiger partial charge < -0.3 is 9.84 Å². The summed E-state index contributed by atoms with van der Waals surface area (Å²) in [5.74, 6) is 1.82. The highest BCUT2D eigenvalue weighted by Gasteiger charge is 2.40. The molecule has 0 saturated heterocycles. The molecule has 0 fully saturated rings. The van der Waals surface area contributed by atoms with Gasteiger partial charge in [-0.3, -0.25) is 9.59 Å². The number of carbonyl (C=O) groups excluding carboxylic acids is 2. The highest BCUT2D eigenvalue weighted by atomic mass is 16.5. The second kappa shape index (κ2) is 8.82. The van der Waals surface area contributed by atoms with Gasteiger partial charge in [0.1, 0.15) is 11.5 Å². The van der Waals surface area contributed by atoms with E-state index in [1.807, 2.05) is 30.4 Å². The van der Waals surface area contributed by atoms with Crippen LogP contribution in [0.25, 0.3) is 0 Å². The van der Waals surface area contributed by atoms with Crippen molar-refractivity contribution in [3.63, 3.8) is 0 Å². The Morgan fingerprint density at radius 3 is 1.77 bits per heavy atom. The van der Waals surface area contributed by atoms with E-state index in [4.69, 9.17) is 4.74 Å². The summed E-state index contributed by atoms with van der Waals surface area (Å²) in [4.78, 5) is 23.1. The SMILES string of the molecule is CC12CCC(=O)C=C1CCc1cc(O)ccc12.COc1ccc2c(c1)CCC1=CC(=O)CCC12C. The fraction of sp³-hybridized carbons (Fsp3) is 0.419. The molecule has 0 aliphatic heterocycles. The van der Waals surface area contributed by atoms with Crippen molar-refractivity contribution < 1.29 is 19.4 Å². The molecule has 4 aliphatic carbocycles. The molecule has 4 aliphatic rings. The van der Waals surface area contributed by atoms with Crippen molar-refractivity contribution in [3.05, 3.63) is 82.0 Å². The largest absolute Gasteiger partial charge is 0.508 e. The zero-order chi connectivity index (χ0) is 24.8. The molecule has 0 spiro atoms. The zero-order valence-corrected chi connectivity index (χ0v) is 20.9. The van der Waals surface area contributed by atoms with Gasteiger partial charge in [0, 0.05) is 23.7 Å². The number of benzene rings is 2. The summed E-state index contributed by atoms with van der Waals surface area (Å²) in [6.07, 6.45) is 10.8. The molecule has 0 aromatic heterocycles. The average molecular weight is 471 g/mol. The molecule has 35 heavy (non-hydrogen) atoms. The minimum atomic E-state index is 0.00912. The third-order valence-corrected chi connectivity index (χ3v) is 8.75. The van der Waals surface area contributed by atoms with E-state index in [0.717, 1.165) is 44.3 Å². The highest BCUT2D eigenvalue weighted by molar-refractivity contribution is 5.93. The standard InChI is InChI=1S/C16H18O2.C15H16O2/c1-16-8-7-13(17)10-12(16)4-3-11-9-14(18-2)5-6-15(11)16;1-15-7-6-13(17)9-11(15)3-2-10-8-12(16)4-5-14(10)15/h5-6,9-10H,3-4,7-8H2,1-2H3;4-5,8-9,16H,2-3,6-7H2,1H3. The molecule has 4 nitrogen and oxygen atoms in total. The molecular formula is C31H34O4. The monoisotopic (exact) mass is 470 g/mol. The number of aryl methyl sites for hydroxylation is 2. The Kier molecular flexibility index (Phi) is 5.94. The molecule has 4 heteroatoms. The first-order valence-corrected chi connectivity index (χ1v) is 12.7. The van der Waals surface area contributed by atoms with E-state index < -0.39 is 0 Å². The summed E-state index contributed by atoms with van der Waals surface area (Å²) in [6, 6.07) is 12.0. The van der Waals surface area contributed by atoms with Gasteiger partial charge in [-0.15, -0.1) is 0 Å². The van der Waals surface area contributed by atoms with E-state index in [-0.39, 0.29) is 16.6 Å². The molecule has 0 bridgehead atoms. The number of ketones is 2. The smallest absolute Gasteiger partial charge is 0.155 e. The lowest BCUT2D eigenvalue weighted by Gasteiger charge is -2.41. The molecule has 182 valence electrons. The first-order valence-electron chi connectivity index (χ1n) is 12.7. The molecule has 2 aromatic rings. The molecule has 2 atom stereocenters. The predicted octanol–water partition coefficient (Wildman–Crippen LogP) is 6.07. The number of carbonyl (C=O) groups is 2. The van der Waals surface area contributed by atoms with E-state index in [0.29, 0.717) is 24.4 Å². The van der Waals surface area contributed by atoms with Gasteiger partial charge in [0.2, 0.25) is 0 Å². The van der Waals surface area contributed by atoms with Crippen molar-refractivity contribution in [3.8, 4) is 11.5 Å². The van der Waals surface area contributed by atoms with Gasteiger partial charge in [0.15, 0.2) is 11.6 Å². The van der Waals surface area contributed by atoms with Gasteiger partial charge in [-0.2, -0.15) is 0 Å². The maximum atomic E-state index is 11.6. The van der Waals surface area contributed by atoms with Crippen LogP contribution in [-0.4, -0.2) is 23.8 Å². The van der Waals surface area contributed by atoms with E-state index >= 15 is 0 Å². The summed E-state index contributed by atoms with van der Waals surface area (Å²) < 4.78 is 5.30. The van der Waals surface area contributed by atoms with Gasteiger partial charge in [0.05, 0.1) is 7.11 Å². The lowest BCUT2D eigenvalue weighted by molar-refractivity contribution is -0.116. The number of phenols is 1. The fourth-order valence-corrected chi connectivity index (χ4v) is 6.54. The second-order valence-corrected chi connectivity index (χ2v) is 10.8. The number of phenolic OH excluding ortho intramolecular Hbond substituents is 1. The van der Waals surface area contributed by atoms with Crippen molar-refractivity contribution >= 4 is 11.6 Å². The van der Waals surface area contributed by atoms with Crippen LogP contribution in [0.3, 0.4) is 0 Å². The summed E-state index contributed by atoms with van der Waals surface area (Å²) in [5.41, 5.74) is 7.95. The van der Waals surface area contributed by atoms with E-state index in [9.17, 15) is 14.7 Å². The van der Waals surface area contributed by atoms with Crippen molar-refractivity contribution in [2.45, 2.75) is 76.0 Å². The number of ether oxygens (including phenoxy) is 1. The van der Waals surface area contributed by atoms with Crippen LogP contribution in [0.5, 0.6) is 11.5 Å². The lowest BCUT2D eigenvalue weighted by Crippen LogP contribution is -2.34. The number of fused-ring (bicyclic) bond motifs is 6. The summed E-state index contributed by atoms with van der Waals surface area (Å²) in [7, 11) is 1.71. The topological polar surface area (TPSA) is 63.6 Å². The van der Waals surface area contributed by atoms with E-state index in [1.54, 1.807) is 13.2 Å². The Balaban J connectivity index is 0.000000145. The molecule has 2 aromatic carbocycles. The maximum absolute atomic E-state index is 11.6. The Bertz CT molecular complexity index is 1270. The van der Waals surface area contributed by atoms with E-state index in [2.05, 4.69) is 26.0 Å². The maximum Gasteiger partial charge on any atom is 0.155 e. The zero-order valence-electron chi connectivity index (χ0n) is 20.9. The van der Waals surface area contributed by atoms with Crippen molar-refractivity contribution in [2.75, 3.05) is 7.11 Å². The molecule has 6 rings (SSSR count). The first kappa shape index (κ1) is 23.6. The van der Waals surface area contributed by atoms with Crippen LogP contribution in [0, 0.1) is 0 Å². The number of methoxy groups -OCH3 is 1. The van der Waals surface area contributed by atoms with Crippen LogP contribution >= 0.6 is 0 Å². The summed E-state index contributed by atoms with van der Waals surface area (Å²) >= 11 is 0. The Morgan fingerprint density at radius 1 is 0.714 bits per heavy atom. The quantitative estimate of drug-likeness (QED) is 0.549. The normalized spacial score (nSPS) is 26.6. The number of hydrogen-bond donors (Lipinski definition) is 1. The highest BCUT2D eigenvalue weighted by Crippen LogP contribution is 2.48. The third-order valence-electron chi connectivity index (χ3n) is 8.75. The van der Waals surface area contributed by atoms with Gasteiger partial charge in [0.25, 0.3) is 0 Å². The molecule has 0 radical (unpaired) electrons.